The number of nitrogens with zero attached hydrogens (tertiary/aromatic N) is 2. The summed E-state index contributed by atoms with van der Waals surface area (Å²) in [6, 6.07) is 2.14. The predicted octanol–water partition coefficient (Wildman–Crippen LogP) is 1.54. The molecule has 3 heteroatoms. The minimum Gasteiger partial charge on any atom is -0.310 e. The summed E-state index contributed by atoms with van der Waals surface area (Å²) in [5, 5.41) is 3.79. The third-order valence-corrected chi connectivity index (χ3v) is 4.28. The Morgan fingerprint density at radius 1 is 1.00 bits per heavy atom. The van der Waals surface area contributed by atoms with E-state index in [1.54, 1.807) is 0 Å². The van der Waals surface area contributed by atoms with Crippen LogP contribution in [0.25, 0.3) is 0 Å². The van der Waals surface area contributed by atoms with Gasteiger partial charge in [-0.2, -0.15) is 0 Å². The molecule has 0 aromatic heterocycles. The van der Waals surface area contributed by atoms with Crippen molar-refractivity contribution in [2.45, 2.75) is 57.7 Å². The van der Waals surface area contributed by atoms with Gasteiger partial charge in [0.05, 0.1) is 0 Å². The molecule has 2 fully saturated rings. The second kappa shape index (κ2) is 6.17. The largest absolute Gasteiger partial charge is 0.310 e. The fourth-order valence-corrected chi connectivity index (χ4v) is 3.32. The average molecular weight is 239 g/mol. The first-order chi connectivity index (χ1) is 8.16. The lowest BCUT2D eigenvalue weighted by Gasteiger charge is -2.44. The molecule has 100 valence electrons. The Kier molecular flexibility index (Phi) is 4.83. The van der Waals surface area contributed by atoms with E-state index in [0.29, 0.717) is 6.04 Å². The van der Waals surface area contributed by atoms with E-state index < -0.39 is 0 Å². The second-order valence-corrected chi connectivity index (χ2v) is 6.12. The van der Waals surface area contributed by atoms with Gasteiger partial charge in [-0.3, -0.25) is 4.90 Å². The second-order valence-electron chi connectivity index (χ2n) is 6.12. The molecule has 1 aliphatic heterocycles. The zero-order valence-electron chi connectivity index (χ0n) is 11.8. The number of rotatable bonds is 3. The van der Waals surface area contributed by atoms with Crippen LogP contribution < -0.4 is 5.32 Å². The first-order valence-corrected chi connectivity index (χ1v) is 7.35. The molecule has 1 saturated heterocycles. The maximum atomic E-state index is 3.79. The molecule has 1 heterocycles. The van der Waals surface area contributed by atoms with Gasteiger partial charge in [-0.1, -0.05) is 26.7 Å². The molecule has 17 heavy (non-hydrogen) atoms. The van der Waals surface area contributed by atoms with E-state index in [-0.39, 0.29) is 0 Å². The van der Waals surface area contributed by atoms with Gasteiger partial charge in [0.1, 0.15) is 0 Å². The van der Waals surface area contributed by atoms with Gasteiger partial charge in [0.25, 0.3) is 0 Å². The van der Waals surface area contributed by atoms with E-state index >= 15 is 0 Å². The molecule has 0 bridgehead atoms. The lowest BCUT2D eigenvalue weighted by Crippen LogP contribution is -2.57. The Balaban J connectivity index is 1.91. The molecule has 0 aromatic rings. The van der Waals surface area contributed by atoms with Gasteiger partial charge < -0.3 is 10.2 Å². The fraction of sp³-hybridized carbons (Fsp3) is 1.00. The summed E-state index contributed by atoms with van der Waals surface area (Å²) in [5.74, 6) is 0. The summed E-state index contributed by atoms with van der Waals surface area (Å²) in [6.07, 6.45) is 5.60. The van der Waals surface area contributed by atoms with Crippen molar-refractivity contribution in [2.24, 2.45) is 0 Å². The van der Waals surface area contributed by atoms with E-state index in [4.69, 9.17) is 0 Å². The van der Waals surface area contributed by atoms with Crippen molar-refractivity contribution in [3.8, 4) is 0 Å². The number of hydrogen-bond donors (Lipinski definition) is 1. The third kappa shape index (κ3) is 3.67. The Labute approximate surface area is 107 Å². The summed E-state index contributed by atoms with van der Waals surface area (Å²) in [7, 11) is 2.24. The van der Waals surface area contributed by atoms with Crippen molar-refractivity contribution in [3.63, 3.8) is 0 Å². The van der Waals surface area contributed by atoms with Crippen LogP contribution in [0.4, 0.5) is 0 Å². The van der Waals surface area contributed by atoms with Crippen LogP contribution >= 0.6 is 0 Å². The molecule has 2 aliphatic rings. The van der Waals surface area contributed by atoms with Crippen molar-refractivity contribution in [1.29, 1.82) is 0 Å². The van der Waals surface area contributed by atoms with Crippen molar-refractivity contribution < 1.29 is 0 Å². The number of nitrogens with one attached hydrogen (secondary N) is 1. The molecule has 2 atom stereocenters. The molecule has 0 aromatic carbocycles. The molecule has 0 spiro atoms. The molecule has 1 saturated carbocycles. The van der Waals surface area contributed by atoms with Crippen LogP contribution in [-0.2, 0) is 0 Å². The van der Waals surface area contributed by atoms with Gasteiger partial charge in [0, 0.05) is 44.3 Å². The van der Waals surface area contributed by atoms with Crippen molar-refractivity contribution >= 4 is 0 Å². The highest BCUT2D eigenvalue weighted by Crippen LogP contribution is 2.24. The summed E-state index contributed by atoms with van der Waals surface area (Å²) in [6.45, 7) is 9.55. The van der Waals surface area contributed by atoms with Crippen molar-refractivity contribution in [1.82, 2.24) is 15.1 Å². The summed E-state index contributed by atoms with van der Waals surface area (Å²) in [5.41, 5.74) is 0. The highest BCUT2D eigenvalue weighted by atomic mass is 15.3. The Hall–Kier alpha value is -0.120. The number of hydrogen-bond acceptors (Lipinski definition) is 3. The highest BCUT2D eigenvalue weighted by molar-refractivity contribution is 4.90. The van der Waals surface area contributed by atoms with Crippen molar-refractivity contribution in [2.75, 3.05) is 33.2 Å². The number of piperazine rings is 1. The highest BCUT2D eigenvalue weighted by Gasteiger charge is 2.31. The van der Waals surface area contributed by atoms with E-state index in [9.17, 15) is 0 Å². The van der Waals surface area contributed by atoms with Gasteiger partial charge in [0.2, 0.25) is 0 Å². The van der Waals surface area contributed by atoms with E-state index in [1.807, 2.05) is 0 Å². The maximum absolute atomic E-state index is 3.79. The lowest BCUT2D eigenvalue weighted by molar-refractivity contribution is 0.0689. The average Bonchev–Trinajstić information content (AvgIpc) is 2.30. The van der Waals surface area contributed by atoms with Crippen molar-refractivity contribution in [3.05, 3.63) is 0 Å². The van der Waals surface area contributed by atoms with Crippen LogP contribution in [0, 0.1) is 0 Å². The van der Waals surface area contributed by atoms with Gasteiger partial charge in [-0.15, -0.1) is 0 Å². The van der Waals surface area contributed by atoms with Crippen LogP contribution in [0.15, 0.2) is 0 Å². The predicted molar refractivity (Wildman–Crippen MR) is 73.4 cm³/mol. The Bertz CT molecular complexity index is 222. The van der Waals surface area contributed by atoms with E-state index in [0.717, 1.165) is 12.1 Å². The van der Waals surface area contributed by atoms with Crippen LogP contribution in [0.5, 0.6) is 0 Å². The summed E-state index contributed by atoms with van der Waals surface area (Å²) in [4.78, 5) is 5.18. The zero-order chi connectivity index (χ0) is 12.3. The smallest absolute Gasteiger partial charge is 0.0250 e. The monoisotopic (exact) mass is 239 g/mol. The number of likely N-dealkylation sites (N-methyl/N-ethyl adjacent to an activating group) is 1. The molecule has 3 nitrogen and oxygen atoms in total. The summed E-state index contributed by atoms with van der Waals surface area (Å²) >= 11 is 0. The topological polar surface area (TPSA) is 18.5 Å². The minimum absolute atomic E-state index is 0.619. The third-order valence-electron chi connectivity index (χ3n) is 4.28. The Morgan fingerprint density at radius 2 is 1.65 bits per heavy atom. The lowest BCUT2D eigenvalue weighted by atomic mass is 9.88. The molecule has 1 aliphatic carbocycles. The molecule has 0 unspecified atom stereocenters. The quantitative estimate of drug-likeness (QED) is 0.806. The van der Waals surface area contributed by atoms with Crippen LogP contribution in [0.1, 0.15) is 39.5 Å². The van der Waals surface area contributed by atoms with Gasteiger partial charge >= 0.3 is 0 Å². The Morgan fingerprint density at radius 3 is 2.29 bits per heavy atom. The molecular formula is C14H29N3. The van der Waals surface area contributed by atoms with Gasteiger partial charge in [-0.25, -0.2) is 0 Å². The SMILES string of the molecule is CC(C)N[C@H]1CCCC[C@@H]1N1CCN(C)CC1. The normalized spacial score (nSPS) is 33.2. The standard InChI is InChI=1S/C14H29N3/c1-12(2)15-13-6-4-5-7-14(13)17-10-8-16(3)9-11-17/h12-15H,4-11H2,1-3H3/t13-,14-/m0/s1. The molecule has 0 amide bonds. The molecule has 1 N–H and O–H groups in total. The zero-order valence-corrected chi connectivity index (χ0v) is 11.8. The van der Waals surface area contributed by atoms with E-state index in [1.165, 1.54) is 51.9 Å². The van der Waals surface area contributed by atoms with Crippen LogP contribution in [-0.4, -0.2) is 61.2 Å². The van der Waals surface area contributed by atoms with Gasteiger partial charge in [0.15, 0.2) is 0 Å². The van der Waals surface area contributed by atoms with E-state index in [2.05, 4.69) is 36.0 Å². The first-order valence-electron chi connectivity index (χ1n) is 7.35. The maximum Gasteiger partial charge on any atom is 0.0250 e. The minimum atomic E-state index is 0.619. The molecular weight excluding hydrogens is 210 g/mol. The van der Waals surface area contributed by atoms with Crippen LogP contribution in [0.3, 0.4) is 0 Å². The molecule has 0 radical (unpaired) electrons. The van der Waals surface area contributed by atoms with Gasteiger partial charge in [-0.05, 0) is 19.9 Å². The summed E-state index contributed by atoms with van der Waals surface area (Å²) < 4.78 is 0. The first kappa shape index (κ1) is 13.3. The fourth-order valence-electron chi connectivity index (χ4n) is 3.32. The molecule has 2 rings (SSSR count). The van der Waals surface area contributed by atoms with Crippen LogP contribution in [0.2, 0.25) is 0 Å².